The summed E-state index contributed by atoms with van der Waals surface area (Å²) in [6.07, 6.45) is 0.102. The third-order valence-corrected chi connectivity index (χ3v) is 5.82. The molecule has 2 atom stereocenters. The Balaban J connectivity index is 1.82. The predicted molar refractivity (Wildman–Crippen MR) is 111 cm³/mol. The van der Waals surface area contributed by atoms with Crippen LogP contribution in [0.25, 0.3) is 10.4 Å². The molecule has 0 saturated carbocycles. The molecule has 28 heavy (non-hydrogen) atoms. The van der Waals surface area contributed by atoms with Crippen LogP contribution in [0.3, 0.4) is 0 Å². The predicted octanol–water partition coefficient (Wildman–Crippen LogP) is 3.64. The number of esters is 1. The summed E-state index contributed by atoms with van der Waals surface area (Å²) in [4.78, 5) is 28.3. The maximum absolute atomic E-state index is 12.9. The molecule has 0 aliphatic carbocycles. The Hall–Kier alpha value is -2.22. The van der Waals surface area contributed by atoms with Crippen LogP contribution in [0.5, 0.6) is 0 Å². The second-order valence-corrected chi connectivity index (χ2v) is 7.83. The highest BCUT2D eigenvalue weighted by Gasteiger charge is 2.28. The lowest BCUT2D eigenvalue weighted by Gasteiger charge is -2.34. The van der Waals surface area contributed by atoms with Gasteiger partial charge >= 0.3 is 5.97 Å². The van der Waals surface area contributed by atoms with Gasteiger partial charge in [0.2, 0.25) is 5.91 Å². The number of carbonyl (C=O) groups is 2. The molecule has 3 rings (SSSR count). The van der Waals surface area contributed by atoms with Gasteiger partial charge in [-0.3, -0.25) is 9.69 Å². The van der Waals surface area contributed by atoms with E-state index < -0.39 is 5.97 Å². The highest BCUT2D eigenvalue weighted by Crippen LogP contribution is 2.36. The van der Waals surface area contributed by atoms with E-state index in [2.05, 4.69) is 10.2 Å². The molecule has 1 aromatic carbocycles. The van der Waals surface area contributed by atoms with Gasteiger partial charge in [-0.1, -0.05) is 30.3 Å². The van der Waals surface area contributed by atoms with Crippen molar-refractivity contribution >= 4 is 28.2 Å². The van der Waals surface area contributed by atoms with Gasteiger partial charge in [0.25, 0.3) is 0 Å². The van der Waals surface area contributed by atoms with Gasteiger partial charge < -0.3 is 14.8 Å². The zero-order valence-electron chi connectivity index (χ0n) is 16.4. The van der Waals surface area contributed by atoms with Crippen molar-refractivity contribution in [1.82, 2.24) is 4.90 Å². The average Bonchev–Trinajstić information content (AvgIpc) is 3.12. The Bertz CT molecular complexity index is 821. The molecule has 1 saturated heterocycles. The Morgan fingerprint density at radius 2 is 2.11 bits per heavy atom. The van der Waals surface area contributed by atoms with Gasteiger partial charge in [-0.25, -0.2) is 4.79 Å². The molecule has 2 aromatic rings. The van der Waals surface area contributed by atoms with Gasteiger partial charge in [0.15, 0.2) is 0 Å². The molecule has 0 radical (unpaired) electrons. The smallest absolute Gasteiger partial charge is 0.341 e. The van der Waals surface area contributed by atoms with Crippen LogP contribution >= 0.6 is 11.3 Å². The average molecular weight is 403 g/mol. The number of hydrogen-bond acceptors (Lipinski definition) is 6. The summed E-state index contributed by atoms with van der Waals surface area (Å²) in [7, 11) is 0. The van der Waals surface area contributed by atoms with E-state index in [0.717, 1.165) is 10.4 Å². The van der Waals surface area contributed by atoms with Crippen LogP contribution in [0, 0.1) is 0 Å². The van der Waals surface area contributed by atoms with Crippen molar-refractivity contribution in [2.45, 2.75) is 32.9 Å². The molecular weight excluding hydrogens is 376 g/mol. The van der Waals surface area contributed by atoms with Crippen molar-refractivity contribution in [2.75, 3.05) is 31.6 Å². The van der Waals surface area contributed by atoms with Gasteiger partial charge in [0, 0.05) is 18.0 Å². The largest absolute Gasteiger partial charge is 0.462 e. The number of rotatable bonds is 6. The molecule has 0 unspecified atom stereocenters. The lowest BCUT2D eigenvalue weighted by molar-refractivity contribution is -0.123. The van der Waals surface area contributed by atoms with Gasteiger partial charge in [0.05, 0.1) is 30.9 Å². The molecule has 1 amide bonds. The Morgan fingerprint density at radius 1 is 1.36 bits per heavy atom. The number of thiophene rings is 1. The Morgan fingerprint density at radius 3 is 2.79 bits per heavy atom. The molecule has 1 N–H and O–H groups in total. The number of ether oxygens (including phenoxy) is 2. The van der Waals surface area contributed by atoms with Crippen molar-refractivity contribution in [3.8, 4) is 10.4 Å². The molecule has 7 heteroatoms. The van der Waals surface area contributed by atoms with E-state index in [1.165, 1.54) is 11.3 Å². The van der Waals surface area contributed by atoms with Crippen LogP contribution in [0.15, 0.2) is 36.4 Å². The summed E-state index contributed by atoms with van der Waals surface area (Å²) >= 11 is 1.38. The summed E-state index contributed by atoms with van der Waals surface area (Å²) in [6, 6.07) is 11.3. The normalized spacial score (nSPS) is 18.5. The summed E-state index contributed by atoms with van der Waals surface area (Å²) < 4.78 is 10.7. The molecule has 0 spiro atoms. The topological polar surface area (TPSA) is 67.9 Å². The molecule has 6 nitrogen and oxygen atoms in total. The van der Waals surface area contributed by atoms with Crippen molar-refractivity contribution < 1.29 is 19.1 Å². The number of carbonyl (C=O) groups excluding carboxylic acids is 2. The SMILES string of the molecule is CCOC(=O)c1cc(-c2ccccc2)sc1NC(=O)[C@H](C)N1CCO[C@@H](C)C1. The quantitative estimate of drug-likeness (QED) is 0.747. The number of nitrogens with zero attached hydrogens (tertiary/aromatic N) is 1. The van der Waals surface area contributed by atoms with Gasteiger partial charge in [-0.2, -0.15) is 0 Å². The number of nitrogens with one attached hydrogen (secondary N) is 1. The Labute approximate surface area is 169 Å². The van der Waals surface area contributed by atoms with E-state index in [4.69, 9.17) is 9.47 Å². The van der Waals surface area contributed by atoms with Crippen LogP contribution in [0.2, 0.25) is 0 Å². The fourth-order valence-electron chi connectivity index (χ4n) is 3.17. The van der Waals surface area contributed by atoms with Crippen molar-refractivity contribution in [3.05, 3.63) is 42.0 Å². The number of amides is 1. The number of morpholine rings is 1. The third-order valence-electron chi connectivity index (χ3n) is 4.72. The molecule has 1 aliphatic rings. The standard InChI is InChI=1S/C21H26N2O4S/c1-4-26-21(25)17-12-18(16-8-6-5-7-9-16)28-20(17)22-19(24)15(3)23-10-11-27-14(2)13-23/h5-9,12,14-15H,4,10-11,13H2,1-3H3,(H,22,24)/t14-,15-/m0/s1. The molecular formula is C21H26N2O4S. The van der Waals surface area contributed by atoms with Crippen LogP contribution in [-0.2, 0) is 14.3 Å². The lowest BCUT2D eigenvalue weighted by Crippen LogP contribution is -2.50. The summed E-state index contributed by atoms with van der Waals surface area (Å²) in [5.74, 6) is -0.565. The molecule has 2 heterocycles. The summed E-state index contributed by atoms with van der Waals surface area (Å²) in [5, 5.41) is 3.47. The lowest BCUT2D eigenvalue weighted by atomic mass is 10.1. The molecule has 150 valence electrons. The minimum atomic E-state index is -0.427. The minimum Gasteiger partial charge on any atom is -0.462 e. The second-order valence-electron chi connectivity index (χ2n) is 6.78. The molecule has 1 aliphatic heterocycles. The number of anilines is 1. The Kier molecular flexibility index (Phi) is 6.83. The van der Waals surface area contributed by atoms with Gasteiger partial charge in [0.1, 0.15) is 5.00 Å². The third kappa shape index (κ3) is 4.79. The monoisotopic (exact) mass is 402 g/mol. The molecule has 1 aromatic heterocycles. The highest BCUT2D eigenvalue weighted by molar-refractivity contribution is 7.20. The van der Waals surface area contributed by atoms with E-state index in [0.29, 0.717) is 30.3 Å². The fourth-order valence-corrected chi connectivity index (χ4v) is 4.22. The van der Waals surface area contributed by atoms with E-state index in [9.17, 15) is 9.59 Å². The van der Waals surface area contributed by atoms with Gasteiger partial charge in [-0.05, 0) is 32.4 Å². The van der Waals surface area contributed by atoms with E-state index in [1.54, 1.807) is 13.0 Å². The highest BCUT2D eigenvalue weighted by atomic mass is 32.1. The van der Waals surface area contributed by atoms with Crippen LogP contribution in [-0.4, -0.2) is 55.2 Å². The summed E-state index contributed by atoms with van der Waals surface area (Å²) in [6.45, 7) is 7.96. The van der Waals surface area contributed by atoms with E-state index in [1.807, 2.05) is 44.2 Å². The first-order chi connectivity index (χ1) is 13.5. The van der Waals surface area contributed by atoms with E-state index in [-0.39, 0.29) is 24.7 Å². The minimum absolute atomic E-state index is 0.102. The first kappa shape index (κ1) is 20.5. The van der Waals surface area contributed by atoms with Crippen LogP contribution < -0.4 is 5.32 Å². The van der Waals surface area contributed by atoms with E-state index >= 15 is 0 Å². The van der Waals surface area contributed by atoms with Crippen molar-refractivity contribution in [2.24, 2.45) is 0 Å². The zero-order chi connectivity index (χ0) is 20.1. The summed E-state index contributed by atoms with van der Waals surface area (Å²) in [5.41, 5.74) is 1.38. The zero-order valence-corrected chi connectivity index (χ0v) is 17.3. The fraction of sp³-hybridized carbons (Fsp3) is 0.429. The molecule has 1 fully saturated rings. The maximum Gasteiger partial charge on any atom is 0.341 e. The maximum atomic E-state index is 12.9. The number of hydrogen-bond donors (Lipinski definition) is 1. The van der Waals surface area contributed by atoms with Crippen molar-refractivity contribution in [3.63, 3.8) is 0 Å². The van der Waals surface area contributed by atoms with Gasteiger partial charge in [-0.15, -0.1) is 11.3 Å². The van der Waals surface area contributed by atoms with Crippen LogP contribution in [0.4, 0.5) is 5.00 Å². The molecule has 0 bridgehead atoms. The van der Waals surface area contributed by atoms with Crippen LogP contribution in [0.1, 0.15) is 31.1 Å². The first-order valence-electron chi connectivity index (χ1n) is 9.52. The number of benzene rings is 1. The first-order valence-corrected chi connectivity index (χ1v) is 10.3. The van der Waals surface area contributed by atoms with Crippen molar-refractivity contribution in [1.29, 1.82) is 0 Å². The second kappa shape index (κ2) is 9.32.